The number of halogens is 1. The lowest BCUT2D eigenvalue weighted by Crippen LogP contribution is -2.41. The van der Waals surface area contributed by atoms with Crippen molar-refractivity contribution in [3.8, 4) is 0 Å². The monoisotopic (exact) mass is 310 g/mol. The summed E-state index contributed by atoms with van der Waals surface area (Å²) in [5, 5.41) is 3.13. The molecule has 0 heterocycles. The average Bonchev–Trinajstić information content (AvgIpc) is 2.94. The SMILES string of the molecule is CC(C)(CNC(=O)[C@@H]1CCC[C@@H]1CN)c1ccccc1.Cl. The van der Waals surface area contributed by atoms with E-state index in [1.54, 1.807) is 0 Å². The third-order valence-electron chi connectivity index (χ3n) is 4.56. The molecule has 0 spiro atoms. The van der Waals surface area contributed by atoms with Crippen molar-refractivity contribution in [2.75, 3.05) is 13.1 Å². The number of nitrogens with one attached hydrogen (secondary N) is 1. The first-order valence-electron chi connectivity index (χ1n) is 7.58. The van der Waals surface area contributed by atoms with Crippen molar-refractivity contribution in [1.82, 2.24) is 5.32 Å². The van der Waals surface area contributed by atoms with Gasteiger partial charge in [-0.1, -0.05) is 50.6 Å². The van der Waals surface area contributed by atoms with Crippen LogP contribution in [0, 0.1) is 11.8 Å². The van der Waals surface area contributed by atoms with Crippen molar-refractivity contribution in [3.63, 3.8) is 0 Å². The van der Waals surface area contributed by atoms with E-state index >= 15 is 0 Å². The molecule has 2 rings (SSSR count). The maximum Gasteiger partial charge on any atom is 0.223 e. The van der Waals surface area contributed by atoms with E-state index in [9.17, 15) is 4.79 Å². The second-order valence-electron chi connectivity index (χ2n) is 6.50. The van der Waals surface area contributed by atoms with Gasteiger partial charge in [0.1, 0.15) is 0 Å². The highest BCUT2D eigenvalue weighted by molar-refractivity contribution is 5.85. The van der Waals surface area contributed by atoms with Gasteiger partial charge in [0.15, 0.2) is 0 Å². The molecule has 21 heavy (non-hydrogen) atoms. The summed E-state index contributed by atoms with van der Waals surface area (Å²) >= 11 is 0. The van der Waals surface area contributed by atoms with Crippen LogP contribution < -0.4 is 11.1 Å². The zero-order valence-corrected chi connectivity index (χ0v) is 13.8. The first-order chi connectivity index (χ1) is 9.54. The summed E-state index contributed by atoms with van der Waals surface area (Å²) in [4.78, 5) is 12.3. The quantitative estimate of drug-likeness (QED) is 0.878. The normalized spacial score (nSPS) is 21.7. The van der Waals surface area contributed by atoms with Crippen LogP contribution in [0.1, 0.15) is 38.7 Å². The molecule has 0 saturated heterocycles. The summed E-state index contributed by atoms with van der Waals surface area (Å²) in [6.45, 7) is 5.62. The van der Waals surface area contributed by atoms with Gasteiger partial charge in [0.25, 0.3) is 0 Å². The average molecular weight is 311 g/mol. The minimum atomic E-state index is -0.0479. The maximum atomic E-state index is 12.3. The number of hydrogen-bond acceptors (Lipinski definition) is 2. The summed E-state index contributed by atoms with van der Waals surface area (Å²) in [5.74, 6) is 0.670. The Morgan fingerprint density at radius 1 is 1.29 bits per heavy atom. The lowest BCUT2D eigenvalue weighted by Gasteiger charge is -2.27. The topological polar surface area (TPSA) is 55.1 Å². The molecule has 4 heteroatoms. The van der Waals surface area contributed by atoms with Gasteiger partial charge in [0.2, 0.25) is 5.91 Å². The molecule has 0 aromatic heterocycles. The van der Waals surface area contributed by atoms with Crippen molar-refractivity contribution in [3.05, 3.63) is 35.9 Å². The summed E-state index contributed by atoms with van der Waals surface area (Å²) in [5.41, 5.74) is 6.96. The fourth-order valence-corrected chi connectivity index (χ4v) is 3.09. The molecule has 1 saturated carbocycles. The zero-order valence-electron chi connectivity index (χ0n) is 13.0. The van der Waals surface area contributed by atoms with Gasteiger partial charge in [-0.25, -0.2) is 0 Å². The molecule has 0 bridgehead atoms. The van der Waals surface area contributed by atoms with E-state index in [1.807, 2.05) is 18.2 Å². The summed E-state index contributed by atoms with van der Waals surface area (Å²) in [6.07, 6.45) is 3.21. The second kappa shape index (κ2) is 7.81. The number of benzene rings is 1. The molecule has 3 N–H and O–H groups in total. The fraction of sp³-hybridized carbons (Fsp3) is 0.588. The van der Waals surface area contributed by atoms with Crippen LogP contribution in [0.15, 0.2) is 30.3 Å². The Labute approximate surface area is 134 Å². The van der Waals surface area contributed by atoms with Gasteiger partial charge < -0.3 is 11.1 Å². The largest absolute Gasteiger partial charge is 0.355 e. The van der Waals surface area contributed by atoms with Crippen LogP contribution in [0.3, 0.4) is 0 Å². The molecular formula is C17H27ClN2O. The highest BCUT2D eigenvalue weighted by atomic mass is 35.5. The summed E-state index contributed by atoms with van der Waals surface area (Å²) in [6, 6.07) is 10.3. The number of hydrogen-bond donors (Lipinski definition) is 2. The molecule has 1 amide bonds. The van der Waals surface area contributed by atoms with Gasteiger partial charge in [0, 0.05) is 17.9 Å². The third kappa shape index (κ3) is 4.45. The zero-order chi connectivity index (χ0) is 14.6. The van der Waals surface area contributed by atoms with E-state index < -0.39 is 0 Å². The smallest absolute Gasteiger partial charge is 0.223 e. The fourth-order valence-electron chi connectivity index (χ4n) is 3.09. The number of rotatable bonds is 5. The molecule has 0 aliphatic heterocycles. The third-order valence-corrected chi connectivity index (χ3v) is 4.56. The minimum Gasteiger partial charge on any atom is -0.355 e. The van der Waals surface area contributed by atoms with Crippen LogP contribution in [-0.2, 0) is 10.2 Å². The highest BCUT2D eigenvalue weighted by Crippen LogP contribution is 2.31. The van der Waals surface area contributed by atoms with Gasteiger partial charge in [-0.15, -0.1) is 12.4 Å². The summed E-state index contributed by atoms with van der Waals surface area (Å²) < 4.78 is 0. The molecular weight excluding hydrogens is 284 g/mol. The van der Waals surface area contributed by atoms with E-state index in [2.05, 4.69) is 31.3 Å². The van der Waals surface area contributed by atoms with E-state index in [0.29, 0.717) is 19.0 Å². The van der Waals surface area contributed by atoms with Crippen molar-refractivity contribution in [1.29, 1.82) is 0 Å². The molecule has 3 nitrogen and oxygen atoms in total. The van der Waals surface area contributed by atoms with Crippen LogP contribution >= 0.6 is 12.4 Å². The molecule has 1 aromatic carbocycles. The minimum absolute atomic E-state index is 0. The Hall–Kier alpha value is -1.06. The van der Waals surface area contributed by atoms with Gasteiger partial charge in [-0.2, -0.15) is 0 Å². The van der Waals surface area contributed by atoms with Crippen molar-refractivity contribution < 1.29 is 4.79 Å². The predicted octanol–water partition coefficient (Wildman–Crippen LogP) is 2.88. The van der Waals surface area contributed by atoms with E-state index in [4.69, 9.17) is 5.73 Å². The van der Waals surface area contributed by atoms with Crippen LogP contribution in [0.4, 0.5) is 0 Å². The van der Waals surface area contributed by atoms with Crippen LogP contribution in [0.5, 0.6) is 0 Å². The number of nitrogens with two attached hydrogens (primary N) is 1. The van der Waals surface area contributed by atoms with E-state index in [1.165, 1.54) is 5.56 Å². The van der Waals surface area contributed by atoms with Gasteiger partial charge in [-0.3, -0.25) is 4.79 Å². The lowest BCUT2D eigenvalue weighted by atomic mass is 9.84. The van der Waals surface area contributed by atoms with Gasteiger partial charge in [0.05, 0.1) is 0 Å². The van der Waals surface area contributed by atoms with Crippen molar-refractivity contribution in [2.24, 2.45) is 17.6 Å². The van der Waals surface area contributed by atoms with Crippen molar-refractivity contribution in [2.45, 2.75) is 38.5 Å². The van der Waals surface area contributed by atoms with E-state index in [0.717, 1.165) is 19.3 Å². The standard InChI is InChI=1S/C17H26N2O.ClH/c1-17(2,14-8-4-3-5-9-14)12-19-16(20)15-10-6-7-13(15)11-18;/h3-5,8-9,13,15H,6-7,10-12,18H2,1-2H3,(H,19,20);1H/t13-,15-;/m1./s1. The van der Waals surface area contributed by atoms with Gasteiger partial charge in [-0.05, 0) is 30.9 Å². The van der Waals surface area contributed by atoms with Crippen LogP contribution in [0.2, 0.25) is 0 Å². The Kier molecular flexibility index (Phi) is 6.69. The first kappa shape index (κ1) is 18.0. The van der Waals surface area contributed by atoms with Crippen molar-refractivity contribution >= 4 is 18.3 Å². The van der Waals surface area contributed by atoms with Crippen LogP contribution in [0.25, 0.3) is 0 Å². The molecule has 1 fully saturated rings. The molecule has 1 aliphatic rings. The molecule has 0 unspecified atom stereocenters. The summed E-state index contributed by atoms with van der Waals surface area (Å²) in [7, 11) is 0. The molecule has 0 radical (unpaired) electrons. The lowest BCUT2D eigenvalue weighted by molar-refractivity contribution is -0.126. The van der Waals surface area contributed by atoms with Gasteiger partial charge >= 0.3 is 0 Å². The highest BCUT2D eigenvalue weighted by Gasteiger charge is 2.32. The number of carbonyl (C=O) groups excluding carboxylic acids is 1. The molecule has 2 atom stereocenters. The Morgan fingerprint density at radius 3 is 2.57 bits per heavy atom. The first-order valence-corrected chi connectivity index (χ1v) is 7.58. The maximum absolute atomic E-state index is 12.3. The molecule has 1 aliphatic carbocycles. The Morgan fingerprint density at radius 2 is 1.95 bits per heavy atom. The number of amides is 1. The number of carbonyl (C=O) groups is 1. The van der Waals surface area contributed by atoms with E-state index in [-0.39, 0.29) is 29.6 Å². The van der Waals surface area contributed by atoms with Crippen LogP contribution in [-0.4, -0.2) is 19.0 Å². The predicted molar refractivity (Wildman–Crippen MR) is 89.6 cm³/mol. The Balaban J connectivity index is 0.00000220. The second-order valence-corrected chi connectivity index (χ2v) is 6.50. The molecule has 1 aromatic rings. The molecule has 118 valence electrons. The Bertz CT molecular complexity index is 447.